The third kappa shape index (κ3) is 2.49. The molecule has 0 amide bonds. The summed E-state index contributed by atoms with van der Waals surface area (Å²) in [6.45, 7) is 0. The Balaban J connectivity index is 2.23. The smallest absolute Gasteiger partial charge is 0.344 e. The van der Waals surface area contributed by atoms with Crippen molar-refractivity contribution in [1.29, 1.82) is 0 Å². The zero-order valence-corrected chi connectivity index (χ0v) is 13.4. The highest BCUT2D eigenvalue weighted by Crippen LogP contribution is 2.56. The second-order valence-corrected chi connectivity index (χ2v) is 6.03. The van der Waals surface area contributed by atoms with Gasteiger partial charge in [-0.05, 0) is 18.2 Å². The Morgan fingerprint density at radius 1 is 0.667 bits per heavy atom. The summed E-state index contributed by atoms with van der Waals surface area (Å²) in [5, 5.41) is 0.384. The summed E-state index contributed by atoms with van der Waals surface area (Å²) in [6, 6.07) is 8.18. The second-order valence-electron chi connectivity index (χ2n) is 6.03. The number of rotatable bonds is 3. The van der Waals surface area contributed by atoms with Crippen LogP contribution in [0.25, 0.3) is 21.8 Å². The Kier molecular flexibility index (Phi) is 3.99. The van der Waals surface area contributed by atoms with E-state index in [9.17, 15) is 39.5 Å². The molecule has 27 heavy (non-hydrogen) atoms. The van der Waals surface area contributed by atoms with Crippen LogP contribution in [-0.4, -0.2) is 22.6 Å². The predicted octanol–water partition coefficient (Wildman–Crippen LogP) is 6.26. The van der Waals surface area contributed by atoms with Crippen LogP contribution < -0.4 is 0 Å². The van der Waals surface area contributed by atoms with Gasteiger partial charge in [-0.15, -0.1) is 0 Å². The van der Waals surface area contributed by atoms with Crippen LogP contribution in [0.2, 0.25) is 0 Å². The maximum Gasteiger partial charge on any atom is 0.460 e. The third-order valence-electron chi connectivity index (χ3n) is 4.42. The number of hydrogen-bond acceptors (Lipinski definition) is 0. The van der Waals surface area contributed by atoms with Crippen LogP contribution in [0.5, 0.6) is 0 Å². The first-order valence-electron chi connectivity index (χ1n) is 7.41. The molecule has 0 saturated carbocycles. The molecule has 146 valence electrons. The fourth-order valence-electron chi connectivity index (χ4n) is 2.92. The molecule has 2 aromatic carbocycles. The summed E-state index contributed by atoms with van der Waals surface area (Å²) < 4.78 is 120. The van der Waals surface area contributed by atoms with Gasteiger partial charge in [0, 0.05) is 34.4 Å². The first kappa shape index (κ1) is 19.4. The van der Waals surface area contributed by atoms with E-state index in [4.69, 9.17) is 0 Å². The quantitative estimate of drug-likeness (QED) is 0.459. The minimum Gasteiger partial charge on any atom is -0.344 e. The van der Waals surface area contributed by atoms with Crippen molar-refractivity contribution in [3.8, 4) is 0 Å². The lowest BCUT2D eigenvalue weighted by Gasteiger charge is -2.33. The Hall–Kier alpha value is -2.39. The molecule has 3 aromatic rings. The van der Waals surface area contributed by atoms with E-state index in [0.717, 1.165) is 6.07 Å². The molecule has 0 fully saturated rings. The van der Waals surface area contributed by atoms with E-state index in [1.165, 1.54) is 6.07 Å². The van der Waals surface area contributed by atoms with Crippen LogP contribution in [0.15, 0.2) is 42.5 Å². The first-order chi connectivity index (χ1) is 12.2. The standard InChI is InChI=1S/C17H10F9N/c1-27-12-5-3-2-4-10(12)11-8-9(6-7-13(11)27)14(18,19)15(20,21)16(22,23)17(24,25)26/h2-8H,1H3. The van der Waals surface area contributed by atoms with Gasteiger partial charge in [-0.25, -0.2) is 0 Å². The monoisotopic (exact) mass is 399 g/mol. The fraction of sp³-hybridized carbons (Fsp3) is 0.294. The molecular formula is C17H10F9N. The third-order valence-corrected chi connectivity index (χ3v) is 4.42. The zero-order chi connectivity index (χ0) is 20.4. The Morgan fingerprint density at radius 3 is 1.81 bits per heavy atom. The lowest BCUT2D eigenvalue weighted by atomic mass is 9.95. The Morgan fingerprint density at radius 2 is 1.22 bits per heavy atom. The van der Waals surface area contributed by atoms with Crippen molar-refractivity contribution in [2.24, 2.45) is 7.05 Å². The van der Waals surface area contributed by atoms with Gasteiger partial charge in [-0.3, -0.25) is 0 Å². The van der Waals surface area contributed by atoms with Crippen molar-refractivity contribution in [2.45, 2.75) is 23.9 Å². The van der Waals surface area contributed by atoms with Gasteiger partial charge in [0.05, 0.1) is 0 Å². The van der Waals surface area contributed by atoms with Crippen molar-refractivity contribution >= 4 is 21.8 Å². The SMILES string of the molecule is Cn1c2ccccc2c2cc(C(F)(F)C(F)(F)C(F)(F)C(F)(F)F)ccc21. The summed E-state index contributed by atoms with van der Waals surface area (Å²) in [4.78, 5) is 0. The maximum atomic E-state index is 14.2. The van der Waals surface area contributed by atoms with E-state index in [-0.39, 0.29) is 5.39 Å². The van der Waals surface area contributed by atoms with Crippen molar-refractivity contribution < 1.29 is 39.5 Å². The number of hydrogen-bond donors (Lipinski definition) is 0. The zero-order valence-electron chi connectivity index (χ0n) is 13.4. The van der Waals surface area contributed by atoms with Gasteiger partial charge in [0.1, 0.15) is 0 Å². The fourth-order valence-corrected chi connectivity index (χ4v) is 2.92. The molecule has 0 N–H and O–H groups in total. The highest BCUT2D eigenvalue weighted by molar-refractivity contribution is 6.08. The molecule has 0 aliphatic carbocycles. The topological polar surface area (TPSA) is 4.93 Å². The van der Waals surface area contributed by atoms with Crippen LogP contribution in [-0.2, 0) is 13.0 Å². The molecule has 0 atom stereocenters. The van der Waals surface area contributed by atoms with E-state index < -0.39 is 29.5 Å². The molecule has 0 bridgehead atoms. The summed E-state index contributed by atoms with van der Waals surface area (Å²) in [5.74, 6) is -19.4. The largest absolute Gasteiger partial charge is 0.460 e. The number of aromatic nitrogens is 1. The lowest BCUT2D eigenvalue weighted by molar-refractivity contribution is -0.399. The van der Waals surface area contributed by atoms with E-state index in [0.29, 0.717) is 28.6 Å². The molecule has 1 heterocycles. The van der Waals surface area contributed by atoms with E-state index in [1.807, 2.05) is 0 Å². The first-order valence-corrected chi connectivity index (χ1v) is 7.41. The Labute approximate surface area is 146 Å². The van der Waals surface area contributed by atoms with Crippen LogP contribution in [0.4, 0.5) is 39.5 Å². The van der Waals surface area contributed by atoms with Gasteiger partial charge in [-0.1, -0.05) is 24.3 Å². The summed E-state index contributed by atoms with van der Waals surface area (Å²) >= 11 is 0. The summed E-state index contributed by atoms with van der Waals surface area (Å²) in [7, 11) is 1.56. The Bertz CT molecular complexity index is 1010. The number of aryl methyl sites for hydroxylation is 1. The van der Waals surface area contributed by atoms with Crippen molar-refractivity contribution in [1.82, 2.24) is 4.57 Å². The molecule has 0 saturated heterocycles. The minimum absolute atomic E-state index is 0.0244. The van der Waals surface area contributed by atoms with E-state index in [2.05, 4.69) is 0 Å². The number of nitrogens with zero attached hydrogens (tertiary/aromatic N) is 1. The van der Waals surface area contributed by atoms with Gasteiger partial charge in [0.2, 0.25) is 0 Å². The van der Waals surface area contributed by atoms with Gasteiger partial charge in [-0.2, -0.15) is 39.5 Å². The number of fused-ring (bicyclic) bond motifs is 3. The van der Waals surface area contributed by atoms with Crippen LogP contribution >= 0.6 is 0 Å². The molecule has 1 nitrogen and oxygen atoms in total. The molecule has 10 heteroatoms. The average molecular weight is 399 g/mol. The lowest BCUT2D eigenvalue weighted by Crippen LogP contribution is -2.59. The minimum atomic E-state index is -6.92. The molecule has 0 unspecified atom stereocenters. The number of alkyl halides is 9. The molecule has 1 aromatic heterocycles. The van der Waals surface area contributed by atoms with Gasteiger partial charge >= 0.3 is 23.9 Å². The highest BCUT2D eigenvalue weighted by atomic mass is 19.4. The van der Waals surface area contributed by atoms with Gasteiger partial charge < -0.3 is 4.57 Å². The van der Waals surface area contributed by atoms with Gasteiger partial charge in [0.25, 0.3) is 0 Å². The number of benzene rings is 2. The predicted molar refractivity (Wildman–Crippen MR) is 80.3 cm³/mol. The van der Waals surface area contributed by atoms with E-state index >= 15 is 0 Å². The molecule has 0 radical (unpaired) electrons. The molecular weight excluding hydrogens is 389 g/mol. The summed E-state index contributed by atoms with van der Waals surface area (Å²) in [6.07, 6.45) is -6.84. The highest BCUT2D eigenvalue weighted by Gasteiger charge is 2.82. The maximum absolute atomic E-state index is 14.2. The van der Waals surface area contributed by atoms with Crippen molar-refractivity contribution in [2.75, 3.05) is 0 Å². The van der Waals surface area contributed by atoms with Crippen molar-refractivity contribution in [3.63, 3.8) is 0 Å². The second kappa shape index (κ2) is 5.56. The molecule has 0 spiro atoms. The number of halogens is 9. The van der Waals surface area contributed by atoms with Crippen LogP contribution in [0.1, 0.15) is 5.56 Å². The summed E-state index contributed by atoms with van der Waals surface area (Å²) in [5.41, 5.74) is -0.776. The molecule has 0 aliphatic rings. The van der Waals surface area contributed by atoms with Crippen LogP contribution in [0.3, 0.4) is 0 Å². The van der Waals surface area contributed by atoms with Crippen LogP contribution in [0, 0.1) is 0 Å². The average Bonchev–Trinajstić information content (AvgIpc) is 2.86. The molecule has 3 rings (SSSR count). The normalized spacial score (nSPS) is 14.3. The molecule has 0 aliphatic heterocycles. The van der Waals surface area contributed by atoms with Gasteiger partial charge in [0.15, 0.2) is 0 Å². The van der Waals surface area contributed by atoms with E-state index in [1.54, 1.807) is 29.8 Å². The van der Waals surface area contributed by atoms with Crippen molar-refractivity contribution in [3.05, 3.63) is 48.0 Å². The number of para-hydroxylation sites is 1.